The van der Waals surface area contributed by atoms with Crippen molar-refractivity contribution in [2.24, 2.45) is 0 Å². The van der Waals surface area contributed by atoms with Gasteiger partial charge in [-0.2, -0.15) is 0 Å². The van der Waals surface area contributed by atoms with E-state index in [-0.39, 0.29) is 24.4 Å². The maximum Gasteiger partial charge on any atom is 0.251 e. The molecule has 1 unspecified atom stereocenters. The highest BCUT2D eigenvalue weighted by atomic mass is 79.9. The first-order chi connectivity index (χ1) is 9.52. The number of hydrogen-bond acceptors (Lipinski definition) is 3. The van der Waals surface area contributed by atoms with Crippen LogP contribution in [-0.2, 0) is 9.59 Å². The molecule has 1 aromatic rings. The monoisotopic (exact) mass is 337 g/mol. The lowest BCUT2D eigenvalue weighted by Crippen LogP contribution is -2.65. The molecule has 0 spiro atoms. The minimum absolute atomic E-state index is 0.0221. The predicted molar refractivity (Wildman–Crippen MR) is 80.9 cm³/mol. The maximum absolute atomic E-state index is 12.7. The first kappa shape index (κ1) is 13.6. The van der Waals surface area contributed by atoms with Crippen LogP contribution in [0.5, 0.6) is 0 Å². The van der Waals surface area contributed by atoms with Crippen LogP contribution in [-0.4, -0.2) is 37.0 Å². The Bertz CT molecular complexity index is 588. The third-order valence-corrected chi connectivity index (χ3v) is 4.34. The highest BCUT2D eigenvalue weighted by Gasteiger charge is 2.44. The van der Waals surface area contributed by atoms with E-state index in [1.54, 1.807) is 9.80 Å². The van der Waals surface area contributed by atoms with Crippen molar-refractivity contribution < 1.29 is 9.59 Å². The predicted octanol–water partition coefficient (Wildman–Crippen LogP) is 1.51. The number of nitrogens with one attached hydrogen (secondary N) is 1. The van der Waals surface area contributed by atoms with E-state index in [0.29, 0.717) is 6.54 Å². The average Bonchev–Trinajstić information content (AvgIpc) is 2.39. The van der Waals surface area contributed by atoms with Crippen LogP contribution in [0.15, 0.2) is 22.7 Å². The number of carbonyl (C=O) groups is 2. The molecule has 1 fully saturated rings. The molecule has 2 amide bonds. The van der Waals surface area contributed by atoms with Gasteiger partial charge in [0.25, 0.3) is 5.91 Å². The molecule has 2 aliphatic rings. The zero-order valence-electron chi connectivity index (χ0n) is 11.4. The smallest absolute Gasteiger partial charge is 0.251 e. The number of para-hydroxylation sites is 1. The van der Waals surface area contributed by atoms with Crippen LogP contribution in [0.1, 0.15) is 13.8 Å². The molecule has 1 saturated heterocycles. The molecule has 2 heterocycles. The summed E-state index contributed by atoms with van der Waals surface area (Å²) in [7, 11) is 0. The molecule has 0 aromatic heterocycles. The van der Waals surface area contributed by atoms with Crippen molar-refractivity contribution in [2.45, 2.75) is 25.9 Å². The quantitative estimate of drug-likeness (QED) is 0.845. The molecule has 0 saturated carbocycles. The summed E-state index contributed by atoms with van der Waals surface area (Å²) in [5.74, 6) is -0.0858. The topological polar surface area (TPSA) is 52.7 Å². The van der Waals surface area contributed by atoms with E-state index in [0.717, 1.165) is 15.8 Å². The molecule has 1 N–H and O–H groups in total. The van der Waals surface area contributed by atoms with E-state index in [1.165, 1.54) is 0 Å². The van der Waals surface area contributed by atoms with Crippen molar-refractivity contribution in [3.8, 4) is 0 Å². The van der Waals surface area contributed by atoms with Crippen LogP contribution in [0.4, 0.5) is 11.4 Å². The Hall–Kier alpha value is -1.40. The van der Waals surface area contributed by atoms with Crippen molar-refractivity contribution in [1.82, 2.24) is 5.32 Å². The molecule has 1 atom stereocenters. The van der Waals surface area contributed by atoms with Gasteiger partial charge in [0, 0.05) is 17.1 Å². The third kappa shape index (κ3) is 1.86. The normalized spacial score (nSPS) is 22.1. The van der Waals surface area contributed by atoms with Crippen molar-refractivity contribution in [1.29, 1.82) is 0 Å². The number of halogens is 1. The maximum atomic E-state index is 12.7. The Morgan fingerprint density at radius 3 is 2.80 bits per heavy atom. The summed E-state index contributed by atoms with van der Waals surface area (Å²) in [6.07, 6.45) is 0. The molecule has 0 bridgehead atoms. The van der Waals surface area contributed by atoms with Crippen LogP contribution in [0.3, 0.4) is 0 Å². The number of carbonyl (C=O) groups excluding carboxylic acids is 2. The number of nitrogens with zero attached hydrogens (tertiary/aromatic N) is 2. The van der Waals surface area contributed by atoms with Crippen LogP contribution in [0.2, 0.25) is 0 Å². The highest BCUT2D eigenvalue weighted by Crippen LogP contribution is 2.42. The van der Waals surface area contributed by atoms with Gasteiger partial charge in [0.15, 0.2) is 0 Å². The average molecular weight is 338 g/mol. The largest absolute Gasteiger partial charge is 0.306 e. The fourth-order valence-electron chi connectivity index (χ4n) is 2.89. The molecule has 106 valence electrons. The fraction of sp³-hybridized carbons (Fsp3) is 0.429. The number of piperazine rings is 1. The van der Waals surface area contributed by atoms with Crippen LogP contribution >= 0.6 is 15.9 Å². The van der Waals surface area contributed by atoms with Crippen LogP contribution in [0.25, 0.3) is 0 Å². The van der Waals surface area contributed by atoms with Gasteiger partial charge < -0.3 is 10.2 Å². The third-order valence-electron chi connectivity index (χ3n) is 3.70. The second kappa shape index (κ2) is 4.86. The summed E-state index contributed by atoms with van der Waals surface area (Å²) < 4.78 is 0.841. The lowest BCUT2D eigenvalue weighted by molar-refractivity contribution is -0.126. The summed E-state index contributed by atoms with van der Waals surface area (Å²) in [5, 5.41) is 3.02. The van der Waals surface area contributed by atoms with Gasteiger partial charge in [0.05, 0.1) is 17.9 Å². The SMILES string of the molecule is CC(C)N1C(=O)C2CNCC(=O)N2c2c(Br)cccc21. The van der Waals surface area contributed by atoms with E-state index >= 15 is 0 Å². The standard InChI is InChI=1S/C14H16BrN3O2/c1-8(2)17-10-5-3-4-9(15)13(10)18-11(14(17)20)6-16-7-12(18)19/h3-5,8,11,16H,6-7H2,1-2H3. The van der Waals surface area contributed by atoms with Crippen molar-refractivity contribution in [3.63, 3.8) is 0 Å². The zero-order chi connectivity index (χ0) is 14.4. The molecule has 5 nitrogen and oxygen atoms in total. The zero-order valence-corrected chi connectivity index (χ0v) is 13.0. The Balaban J connectivity index is 2.23. The van der Waals surface area contributed by atoms with Gasteiger partial charge in [-0.05, 0) is 41.9 Å². The number of benzene rings is 1. The molecule has 6 heteroatoms. The molecule has 2 aliphatic heterocycles. The van der Waals surface area contributed by atoms with Gasteiger partial charge in [-0.1, -0.05) is 6.07 Å². The van der Waals surface area contributed by atoms with E-state index in [9.17, 15) is 9.59 Å². The molecule has 20 heavy (non-hydrogen) atoms. The molecule has 0 radical (unpaired) electrons. The Morgan fingerprint density at radius 1 is 1.35 bits per heavy atom. The van der Waals surface area contributed by atoms with E-state index in [1.807, 2.05) is 32.0 Å². The number of amides is 2. The minimum atomic E-state index is -0.454. The van der Waals surface area contributed by atoms with Gasteiger partial charge in [-0.15, -0.1) is 0 Å². The summed E-state index contributed by atoms with van der Waals surface area (Å²) in [6.45, 7) is 4.73. The summed E-state index contributed by atoms with van der Waals surface area (Å²) in [6, 6.07) is 5.28. The van der Waals surface area contributed by atoms with E-state index < -0.39 is 6.04 Å². The van der Waals surface area contributed by atoms with E-state index in [4.69, 9.17) is 0 Å². The number of rotatable bonds is 1. The summed E-state index contributed by atoms with van der Waals surface area (Å²) >= 11 is 3.52. The fourth-order valence-corrected chi connectivity index (χ4v) is 3.44. The van der Waals surface area contributed by atoms with Gasteiger partial charge in [0.1, 0.15) is 6.04 Å². The van der Waals surface area contributed by atoms with Crippen molar-refractivity contribution in [3.05, 3.63) is 22.7 Å². The number of anilines is 2. The summed E-state index contributed by atoms with van der Waals surface area (Å²) in [4.78, 5) is 28.4. The molecule has 0 aliphatic carbocycles. The molecule has 1 aromatic carbocycles. The molecular formula is C14H16BrN3O2. The first-order valence-electron chi connectivity index (χ1n) is 6.66. The highest BCUT2D eigenvalue weighted by molar-refractivity contribution is 9.10. The molecular weight excluding hydrogens is 322 g/mol. The second-order valence-electron chi connectivity index (χ2n) is 5.32. The minimum Gasteiger partial charge on any atom is -0.306 e. The second-order valence-corrected chi connectivity index (χ2v) is 6.17. The van der Waals surface area contributed by atoms with Gasteiger partial charge >= 0.3 is 0 Å². The van der Waals surface area contributed by atoms with Crippen LogP contribution < -0.4 is 15.1 Å². The number of fused-ring (bicyclic) bond motifs is 3. The summed E-state index contributed by atoms with van der Waals surface area (Å²) in [5.41, 5.74) is 1.60. The number of hydrogen-bond donors (Lipinski definition) is 1. The van der Waals surface area contributed by atoms with Crippen molar-refractivity contribution in [2.75, 3.05) is 22.9 Å². The van der Waals surface area contributed by atoms with E-state index in [2.05, 4.69) is 21.2 Å². The Kier molecular flexibility index (Phi) is 3.30. The lowest BCUT2D eigenvalue weighted by Gasteiger charge is -2.45. The van der Waals surface area contributed by atoms with Gasteiger partial charge in [-0.25, -0.2) is 0 Å². The van der Waals surface area contributed by atoms with Crippen molar-refractivity contribution >= 4 is 39.1 Å². The Morgan fingerprint density at radius 2 is 2.10 bits per heavy atom. The lowest BCUT2D eigenvalue weighted by atomic mass is 10.0. The molecule has 3 rings (SSSR count). The van der Waals surface area contributed by atoms with Gasteiger partial charge in [0.2, 0.25) is 5.91 Å². The Labute approximate surface area is 126 Å². The first-order valence-corrected chi connectivity index (χ1v) is 7.46. The van der Waals surface area contributed by atoms with Crippen LogP contribution in [0, 0.1) is 0 Å². The van der Waals surface area contributed by atoms with Gasteiger partial charge in [-0.3, -0.25) is 14.5 Å².